The highest BCUT2D eigenvalue weighted by molar-refractivity contribution is 7.15. The number of nitrogens with zero attached hydrogens (tertiary/aromatic N) is 1. The van der Waals surface area contributed by atoms with Crippen LogP contribution in [0.3, 0.4) is 0 Å². The molecule has 0 saturated heterocycles. The maximum Gasteiger partial charge on any atom is 0.266 e. The number of aromatic nitrogens is 1. The zero-order valence-electron chi connectivity index (χ0n) is 15.2. The Morgan fingerprint density at radius 1 is 1.15 bits per heavy atom. The van der Waals surface area contributed by atoms with Crippen molar-refractivity contribution in [2.75, 3.05) is 5.32 Å². The molecule has 4 nitrogen and oxygen atoms in total. The number of ether oxygens (including phenoxy) is 1. The van der Waals surface area contributed by atoms with E-state index in [9.17, 15) is 4.79 Å². The van der Waals surface area contributed by atoms with Crippen LogP contribution in [0, 0.1) is 13.8 Å². The fourth-order valence-electron chi connectivity index (χ4n) is 2.71. The third kappa shape index (κ3) is 4.92. The van der Waals surface area contributed by atoms with E-state index in [1.165, 1.54) is 16.9 Å². The van der Waals surface area contributed by atoms with Gasteiger partial charge in [0.2, 0.25) is 0 Å². The normalized spacial score (nSPS) is 11.8. The number of nitrogens with one attached hydrogen (secondary N) is 1. The number of carbonyl (C=O) groups is 1. The number of carbonyl (C=O) groups excluding carboxylic acids is 1. The molecule has 1 unspecified atom stereocenters. The van der Waals surface area contributed by atoms with Gasteiger partial charge in [-0.15, -0.1) is 11.3 Å². The van der Waals surface area contributed by atoms with Crippen molar-refractivity contribution in [3.63, 3.8) is 0 Å². The van der Waals surface area contributed by atoms with E-state index in [1.54, 1.807) is 6.92 Å². The van der Waals surface area contributed by atoms with Crippen LogP contribution in [0.25, 0.3) is 0 Å². The molecule has 1 aromatic heterocycles. The van der Waals surface area contributed by atoms with E-state index in [1.807, 2.05) is 50.4 Å². The third-order valence-corrected chi connectivity index (χ3v) is 4.79. The largest absolute Gasteiger partial charge is 0.481 e. The highest BCUT2D eigenvalue weighted by Crippen LogP contribution is 2.22. The number of rotatable bonds is 6. The molecule has 1 amide bonds. The lowest BCUT2D eigenvalue weighted by Gasteiger charge is -2.14. The molecule has 0 bridgehead atoms. The van der Waals surface area contributed by atoms with Crippen LogP contribution < -0.4 is 10.1 Å². The standard InChI is InChI=1S/C21H22N2O2S/c1-14-9-15(2)11-18(10-14)25-16(3)20(24)23-21-22-13-19(26-21)12-17-7-5-4-6-8-17/h4-11,13,16H,12H2,1-3H3,(H,22,23,24). The predicted octanol–water partition coefficient (Wildman–Crippen LogP) is 4.76. The lowest BCUT2D eigenvalue weighted by molar-refractivity contribution is -0.122. The lowest BCUT2D eigenvalue weighted by Crippen LogP contribution is -2.30. The average molecular weight is 366 g/mol. The minimum absolute atomic E-state index is 0.204. The van der Waals surface area contributed by atoms with E-state index >= 15 is 0 Å². The molecule has 0 radical (unpaired) electrons. The van der Waals surface area contributed by atoms with Crippen molar-refractivity contribution in [2.24, 2.45) is 0 Å². The van der Waals surface area contributed by atoms with Crippen LogP contribution in [-0.2, 0) is 11.2 Å². The predicted molar refractivity (Wildman–Crippen MR) is 106 cm³/mol. The molecule has 0 aliphatic heterocycles. The van der Waals surface area contributed by atoms with E-state index in [4.69, 9.17) is 4.74 Å². The Labute approximate surface area is 157 Å². The lowest BCUT2D eigenvalue weighted by atomic mass is 10.1. The first-order valence-electron chi connectivity index (χ1n) is 8.54. The van der Waals surface area contributed by atoms with Gasteiger partial charge in [0.25, 0.3) is 5.91 Å². The Balaban J connectivity index is 1.59. The van der Waals surface area contributed by atoms with Gasteiger partial charge in [0.05, 0.1) is 0 Å². The molecule has 1 N–H and O–H groups in total. The fraction of sp³-hybridized carbons (Fsp3) is 0.238. The summed E-state index contributed by atoms with van der Waals surface area (Å²) in [6.07, 6.45) is 2.02. The SMILES string of the molecule is Cc1cc(C)cc(OC(C)C(=O)Nc2ncc(Cc3ccccc3)s2)c1. The molecule has 1 heterocycles. The van der Waals surface area contributed by atoms with Gasteiger partial charge in [0.1, 0.15) is 5.75 Å². The molecule has 0 saturated carbocycles. The zero-order chi connectivity index (χ0) is 18.5. The summed E-state index contributed by atoms with van der Waals surface area (Å²) in [5.74, 6) is 0.499. The van der Waals surface area contributed by atoms with Gasteiger partial charge in [-0.25, -0.2) is 4.98 Å². The van der Waals surface area contributed by atoms with Crippen molar-refractivity contribution in [2.45, 2.75) is 33.3 Å². The molecule has 5 heteroatoms. The third-order valence-electron chi connectivity index (χ3n) is 3.88. The van der Waals surface area contributed by atoms with E-state index in [0.29, 0.717) is 10.9 Å². The van der Waals surface area contributed by atoms with E-state index in [-0.39, 0.29) is 5.91 Å². The number of aryl methyl sites for hydroxylation is 2. The Bertz CT molecular complexity index is 870. The smallest absolute Gasteiger partial charge is 0.266 e. The summed E-state index contributed by atoms with van der Waals surface area (Å²) in [4.78, 5) is 17.8. The Morgan fingerprint density at radius 3 is 2.54 bits per heavy atom. The minimum Gasteiger partial charge on any atom is -0.481 e. The first-order chi connectivity index (χ1) is 12.5. The Hall–Kier alpha value is -2.66. The van der Waals surface area contributed by atoms with Crippen LogP contribution in [0.4, 0.5) is 5.13 Å². The highest BCUT2D eigenvalue weighted by Gasteiger charge is 2.17. The maximum absolute atomic E-state index is 12.4. The van der Waals surface area contributed by atoms with Crippen LogP contribution in [0.1, 0.15) is 28.5 Å². The average Bonchev–Trinajstić information content (AvgIpc) is 3.01. The minimum atomic E-state index is -0.599. The van der Waals surface area contributed by atoms with E-state index in [0.717, 1.165) is 22.4 Å². The van der Waals surface area contributed by atoms with Crippen LogP contribution >= 0.6 is 11.3 Å². The van der Waals surface area contributed by atoms with Crippen molar-refractivity contribution >= 4 is 22.4 Å². The first-order valence-corrected chi connectivity index (χ1v) is 9.36. The van der Waals surface area contributed by atoms with Crippen LogP contribution in [0.15, 0.2) is 54.7 Å². The number of hydrogen-bond acceptors (Lipinski definition) is 4. The number of hydrogen-bond donors (Lipinski definition) is 1. The second kappa shape index (κ2) is 8.15. The summed E-state index contributed by atoms with van der Waals surface area (Å²) in [6, 6.07) is 16.1. The van der Waals surface area contributed by atoms with Crippen molar-refractivity contribution in [3.8, 4) is 5.75 Å². The van der Waals surface area contributed by atoms with Gasteiger partial charge in [0, 0.05) is 17.5 Å². The topological polar surface area (TPSA) is 51.2 Å². The van der Waals surface area contributed by atoms with Gasteiger partial charge < -0.3 is 4.74 Å². The van der Waals surface area contributed by atoms with Gasteiger partial charge in [0.15, 0.2) is 11.2 Å². The molecular formula is C21H22N2O2S. The van der Waals surface area contributed by atoms with Gasteiger partial charge in [-0.1, -0.05) is 36.4 Å². The summed E-state index contributed by atoms with van der Waals surface area (Å²) < 4.78 is 5.78. The summed E-state index contributed by atoms with van der Waals surface area (Å²) in [7, 11) is 0. The summed E-state index contributed by atoms with van der Waals surface area (Å²) in [6.45, 7) is 5.76. The van der Waals surface area contributed by atoms with Gasteiger partial charge in [-0.2, -0.15) is 0 Å². The number of amides is 1. The summed E-state index contributed by atoms with van der Waals surface area (Å²) >= 11 is 1.49. The molecule has 1 atom stereocenters. The zero-order valence-corrected chi connectivity index (χ0v) is 16.0. The van der Waals surface area contributed by atoms with Gasteiger partial charge in [-0.05, 0) is 49.6 Å². The summed E-state index contributed by atoms with van der Waals surface area (Å²) in [5, 5.41) is 3.44. The second-order valence-corrected chi connectivity index (χ2v) is 7.48. The first kappa shape index (κ1) is 18.1. The molecule has 3 rings (SSSR count). The van der Waals surface area contributed by atoms with Crippen LogP contribution in [-0.4, -0.2) is 17.0 Å². The molecule has 26 heavy (non-hydrogen) atoms. The molecular weight excluding hydrogens is 344 g/mol. The van der Waals surface area contributed by atoms with Crippen LogP contribution in [0.5, 0.6) is 5.75 Å². The molecule has 2 aromatic carbocycles. The van der Waals surface area contributed by atoms with Crippen molar-refractivity contribution in [1.29, 1.82) is 0 Å². The maximum atomic E-state index is 12.4. The van der Waals surface area contributed by atoms with Gasteiger partial charge in [-0.3, -0.25) is 10.1 Å². The number of anilines is 1. The Kier molecular flexibility index (Phi) is 5.68. The Morgan fingerprint density at radius 2 is 1.85 bits per heavy atom. The quantitative estimate of drug-likeness (QED) is 0.684. The number of thiazole rings is 1. The molecule has 0 aliphatic rings. The monoisotopic (exact) mass is 366 g/mol. The van der Waals surface area contributed by atoms with Crippen molar-refractivity contribution < 1.29 is 9.53 Å². The fourth-order valence-corrected chi connectivity index (χ4v) is 3.56. The van der Waals surface area contributed by atoms with E-state index < -0.39 is 6.10 Å². The molecule has 0 aliphatic carbocycles. The van der Waals surface area contributed by atoms with E-state index in [2.05, 4.69) is 28.5 Å². The van der Waals surface area contributed by atoms with Crippen molar-refractivity contribution in [3.05, 3.63) is 76.3 Å². The molecule has 3 aromatic rings. The second-order valence-electron chi connectivity index (χ2n) is 6.37. The van der Waals surface area contributed by atoms with Crippen molar-refractivity contribution in [1.82, 2.24) is 4.98 Å². The molecule has 0 spiro atoms. The molecule has 134 valence electrons. The summed E-state index contributed by atoms with van der Waals surface area (Å²) in [5.41, 5.74) is 3.44. The number of benzene rings is 2. The molecule has 0 fully saturated rings. The van der Waals surface area contributed by atoms with Gasteiger partial charge >= 0.3 is 0 Å². The van der Waals surface area contributed by atoms with Crippen LogP contribution in [0.2, 0.25) is 0 Å². The highest BCUT2D eigenvalue weighted by atomic mass is 32.1.